The van der Waals surface area contributed by atoms with Crippen LogP contribution >= 0.6 is 0 Å². The summed E-state index contributed by atoms with van der Waals surface area (Å²) in [7, 11) is -0.574. The average Bonchev–Trinajstić information content (AvgIpc) is 3.63. The maximum absolute atomic E-state index is 2.45. The minimum Gasteiger partial charge on any atom is -0.145 e. The fourth-order valence-corrected chi connectivity index (χ4v) is 9.24. The van der Waals surface area contributed by atoms with Crippen LogP contribution in [0, 0.1) is 6.92 Å². The number of fused-ring (bicyclic) bond motifs is 2. The van der Waals surface area contributed by atoms with Crippen molar-refractivity contribution >= 4 is 24.8 Å². The molecule has 2 aliphatic carbocycles. The molecule has 4 aromatic carbocycles. The first-order valence-corrected chi connectivity index (χ1v) is 22.4. The van der Waals surface area contributed by atoms with Crippen molar-refractivity contribution in [3.8, 4) is 33.4 Å². The summed E-state index contributed by atoms with van der Waals surface area (Å²) in [4.78, 5) is 0. The summed E-state index contributed by atoms with van der Waals surface area (Å²) in [6.07, 6.45) is 0. The molecule has 0 nitrogen and oxygen atoms in total. The van der Waals surface area contributed by atoms with Crippen LogP contribution in [-0.2, 0) is 21.7 Å². The second-order valence-corrected chi connectivity index (χ2v) is 22.8. The molecule has 4 aromatic rings. The van der Waals surface area contributed by atoms with Crippen molar-refractivity contribution in [2.24, 2.45) is 0 Å². The maximum Gasteiger partial charge on any atom is 1.00 e. The molecule has 0 N–H and O–H groups in total. The third-order valence-corrected chi connectivity index (χ3v) is 12.5. The van der Waals surface area contributed by atoms with Crippen molar-refractivity contribution in [3.05, 3.63) is 124 Å². The van der Waals surface area contributed by atoms with Gasteiger partial charge in [0.1, 0.15) is 0 Å². The van der Waals surface area contributed by atoms with Crippen LogP contribution in [0.1, 0.15) is 136 Å². The van der Waals surface area contributed by atoms with E-state index >= 15 is 0 Å². The smallest absolute Gasteiger partial charge is 0.145 e. The molecule has 0 spiro atoms. The summed E-state index contributed by atoms with van der Waals surface area (Å²) in [5.74, 6) is 0.566. The minimum atomic E-state index is -0.574. The Kier molecular flexibility index (Phi) is 14.6. The molecule has 281 valence electrons. The van der Waals surface area contributed by atoms with Gasteiger partial charge >= 0.3 is 37.7 Å². The molecule has 0 unspecified atom stereocenters. The van der Waals surface area contributed by atoms with Crippen LogP contribution in [0.15, 0.2) is 91.0 Å². The first-order chi connectivity index (χ1) is 24.4. The van der Waals surface area contributed by atoms with Crippen molar-refractivity contribution in [1.29, 1.82) is 0 Å². The van der Waals surface area contributed by atoms with Crippen molar-refractivity contribution in [2.75, 3.05) is 0 Å². The van der Waals surface area contributed by atoms with Gasteiger partial charge in [-0.05, 0) is 39.7 Å². The molecule has 1 radical (unpaired) electrons. The Morgan fingerprint density at radius 3 is 1.47 bits per heavy atom. The van der Waals surface area contributed by atoms with Crippen molar-refractivity contribution < 1.29 is 37.7 Å². The number of rotatable bonds is 4. The number of benzene rings is 4. The van der Waals surface area contributed by atoms with Crippen LogP contribution in [0.25, 0.3) is 44.2 Å². The Morgan fingerprint density at radius 1 is 0.564 bits per heavy atom. The molecule has 0 fully saturated rings. The fraction of sp³-hybridized carbons (Fsp3) is 0.423. The molecule has 55 heavy (non-hydrogen) atoms. The number of aryl methyl sites for hydroxylation is 1. The van der Waals surface area contributed by atoms with Gasteiger partial charge in [-0.2, -0.15) is 0 Å². The summed E-state index contributed by atoms with van der Waals surface area (Å²) < 4.78 is 0. The van der Waals surface area contributed by atoms with Gasteiger partial charge in [0.2, 0.25) is 0 Å². The van der Waals surface area contributed by atoms with E-state index in [9.17, 15) is 0 Å². The molecule has 0 saturated carbocycles. The molecule has 0 heterocycles. The monoisotopic (exact) mass is 734 g/mol. The first kappa shape index (κ1) is 46.9. The van der Waals surface area contributed by atoms with E-state index in [1.54, 1.807) is 10.8 Å². The van der Waals surface area contributed by atoms with E-state index in [0.717, 1.165) is 0 Å². The molecule has 0 saturated heterocycles. The third kappa shape index (κ3) is 10.5. The third-order valence-electron chi connectivity index (χ3n) is 10.9. The number of hydrogen-bond acceptors (Lipinski definition) is 0. The van der Waals surface area contributed by atoms with Gasteiger partial charge in [0, 0.05) is 0 Å². The minimum absolute atomic E-state index is 0. The summed E-state index contributed by atoms with van der Waals surface area (Å²) in [6.45, 7) is 39.4. The summed E-state index contributed by atoms with van der Waals surface area (Å²) in [6, 6.07) is 35.0. The van der Waals surface area contributed by atoms with Gasteiger partial charge in [0.05, 0.1) is 8.80 Å². The van der Waals surface area contributed by atoms with E-state index in [-0.39, 0.29) is 59.4 Å². The molecule has 0 aliphatic heterocycles. The largest absolute Gasteiger partial charge is 1.00 e. The first-order valence-electron chi connectivity index (χ1n) is 19.9. The van der Waals surface area contributed by atoms with E-state index < -0.39 is 8.80 Å². The van der Waals surface area contributed by atoms with Crippen LogP contribution in [0.2, 0.25) is 13.1 Å². The number of hydrogen-bond donors (Lipinski definition) is 0. The van der Waals surface area contributed by atoms with E-state index in [0.29, 0.717) is 5.92 Å². The Hall–Kier alpha value is -2.49. The second kappa shape index (κ2) is 17.2. The van der Waals surface area contributed by atoms with E-state index in [2.05, 4.69) is 208 Å². The van der Waals surface area contributed by atoms with Gasteiger partial charge in [-0.15, -0.1) is 75.3 Å². The average molecular weight is 734 g/mol. The molecular weight excluding hydrogens is 667 g/mol. The zero-order valence-electron chi connectivity index (χ0n) is 38.2. The van der Waals surface area contributed by atoms with Gasteiger partial charge in [-0.3, -0.25) is 0 Å². The van der Waals surface area contributed by atoms with Gasteiger partial charge < -0.3 is 0 Å². The van der Waals surface area contributed by atoms with E-state index in [1.807, 2.05) is 0 Å². The molecule has 0 bridgehead atoms. The van der Waals surface area contributed by atoms with Crippen molar-refractivity contribution in [2.45, 2.75) is 145 Å². The van der Waals surface area contributed by atoms with Gasteiger partial charge in [0.25, 0.3) is 0 Å². The molecule has 0 amide bonds. The van der Waals surface area contributed by atoms with Gasteiger partial charge in [0.15, 0.2) is 0 Å². The van der Waals surface area contributed by atoms with Crippen LogP contribution in [0.3, 0.4) is 0 Å². The molecule has 6 rings (SSSR count). The van der Waals surface area contributed by atoms with Crippen LogP contribution in [0.4, 0.5) is 0 Å². The second-order valence-electron chi connectivity index (χ2n) is 20.3. The van der Waals surface area contributed by atoms with Crippen LogP contribution in [0.5, 0.6) is 0 Å². The Balaban J connectivity index is 0.000000289. The summed E-state index contributed by atoms with van der Waals surface area (Å²) >= 11 is 0. The standard InChI is InChI=1S/C28H38Si.C24H29.2Li/c1-18(2)24-16-19-12-11-13-23(25(19)26(24)29(9)10)20-14-21(27(3,4)5)17-22(15-20)28(6,7)8;1-16-11-17-9-8-10-21(22(17)12-16)18-13-19(23(2,3)4)15-20(14-18)24(5,6)7;;/h11-18H,1-10H3;8-15H,1-7H3;;/q2*-1;2*+1. The Morgan fingerprint density at radius 2 is 1.04 bits per heavy atom. The maximum atomic E-state index is 2.45. The van der Waals surface area contributed by atoms with Crippen molar-refractivity contribution in [1.82, 2.24) is 0 Å². The summed E-state index contributed by atoms with van der Waals surface area (Å²) in [5, 5.41) is 4.54. The Labute approximate surface area is 362 Å². The molecule has 0 aromatic heterocycles. The quantitative estimate of drug-likeness (QED) is 0.125. The van der Waals surface area contributed by atoms with Crippen molar-refractivity contribution in [3.63, 3.8) is 0 Å². The van der Waals surface area contributed by atoms with Gasteiger partial charge in [-0.25, -0.2) is 0 Å². The van der Waals surface area contributed by atoms with Crippen LogP contribution in [-0.4, -0.2) is 8.80 Å². The molecule has 0 atom stereocenters. The van der Waals surface area contributed by atoms with Crippen LogP contribution < -0.4 is 42.9 Å². The molecular formula is C52H67Li2Si. The predicted molar refractivity (Wildman–Crippen MR) is 240 cm³/mol. The Bertz CT molecular complexity index is 2110. The molecule has 3 heteroatoms. The summed E-state index contributed by atoms with van der Waals surface area (Å²) in [5.41, 5.74) is 17.3. The zero-order valence-corrected chi connectivity index (χ0v) is 39.2. The SMILES string of the molecule is CC(C)c1cc2cccc(-c3cc(C(C)(C)C)cc(C(C)(C)C)c3)[c-]2c1[Si](C)C.Cc1cc2cc[cH-]c(-c3cc(C(C)(C)C)cc(C(C)(C)C)c3)c-2c1.[Li+].[Li+]. The van der Waals surface area contributed by atoms with E-state index in [1.165, 1.54) is 72.0 Å². The molecule has 2 aliphatic rings. The van der Waals surface area contributed by atoms with Gasteiger partial charge in [-0.1, -0.05) is 203 Å². The zero-order chi connectivity index (χ0) is 39.4. The topological polar surface area (TPSA) is 0 Å². The predicted octanol–water partition coefficient (Wildman–Crippen LogP) is 8.99. The fourth-order valence-electron chi connectivity index (χ4n) is 7.52. The normalized spacial score (nSPS) is 12.5. The van der Waals surface area contributed by atoms with E-state index in [4.69, 9.17) is 0 Å².